The lowest BCUT2D eigenvalue weighted by Crippen LogP contribution is -2.38. The molecule has 7 heteroatoms. The predicted molar refractivity (Wildman–Crippen MR) is 74.7 cm³/mol. The van der Waals surface area contributed by atoms with Crippen LogP contribution < -0.4 is 4.31 Å². The number of carboxylic acids is 1. The molecule has 20 heavy (non-hydrogen) atoms. The van der Waals surface area contributed by atoms with E-state index in [1.54, 1.807) is 12.1 Å². The maximum absolute atomic E-state index is 12.3. The number of hydrogen-bond acceptors (Lipinski definition) is 4. The summed E-state index contributed by atoms with van der Waals surface area (Å²) in [7, 11) is -1.97. The van der Waals surface area contributed by atoms with Gasteiger partial charge in [0.25, 0.3) is 0 Å². The summed E-state index contributed by atoms with van der Waals surface area (Å²) >= 11 is 0. The Hall–Kier alpha value is -1.60. The first-order valence-corrected chi connectivity index (χ1v) is 7.92. The van der Waals surface area contributed by atoms with Crippen molar-refractivity contribution >= 4 is 21.7 Å². The van der Waals surface area contributed by atoms with Gasteiger partial charge in [-0.2, -0.15) is 0 Å². The largest absolute Gasteiger partial charge is 0.478 e. The highest BCUT2D eigenvalue weighted by Crippen LogP contribution is 2.30. The van der Waals surface area contributed by atoms with Crippen molar-refractivity contribution in [1.82, 2.24) is 0 Å². The predicted octanol–water partition coefficient (Wildman–Crippen LogP) is 1.11. The third-order valence-corrected chi connectivity index (χ3v) is 5.02. The Balaban J connectivity index is 2.36. The number of fused-ring (bicyclic) bond motifs is 1. The standard InChI is InChI=1S/C13H17NO5S/c1-19-7-8-20(17,18)14-6-2-3-10-9-11(13(15)16)4-5-12(10)14/h4-5,9H,2-3,6-8H2,1H3,(H,15,16). The first-order chi connectivity index (χ1) is 9.45. The van der Waals surface area contributed by atoms with E-state index in [9.17, 15) is 13.2 Å². The quantitative estimate of drug-likeness (QED) is 0.880. The number of hydrogen-bond donors (Lipinski definition) is 1. The first kappa shape index (κ1) is 14.8. The Bertz CT molecular complexity index is 611. The summed E-state index contributed by atoms with van der Waals surface area (Å²) in [5.41, 5.74) is 1.52. The maximum Gasteiger partial charge on any atom is 0.335 e. The van der Waals surface area contributed by atoms with Gasteiger partial charge >= 0.3 is 5.97 Å². The van der Waals surface area contributed by atoms with Gasteiger partial charge in [0.15, 0.2) is 0 Å². The van der Waals surface area contributed by atoms with Crippen LogP contribution in [0.25, 0.3) is 0 Å². The second kappa shape index (κ2) is 5.80. The molecule has 0 saturated carbocycles. The van der Waals surface area contributed by atoms with Crippen molar-refractivity contribution in [1.29, 1.82) is 0 Å². The minimum Gasteiger partial charge on any atom is -0.478 e. The van der Waals surface area contributed by atoms with E-state index in [4.69, 9.17) is 9.84 Å². The lowest BCUT2D eigenvalue weighted by Gasteiger charge is -2.30. The van der Waals surface area contributed by atoms with Crippen molar-refractivity contribution in [3.8, 4) is 0 Å². The number of benzene rings is 1. The summed E-state index contributed by atoms with van der Waals surface area (Å²) in [5.74, 6) is -1.09. The molecule has 1 aromatic rings. The van der Waals surface area contributed by atoms with E-state index in [-0.39, 0.29) is 17.9 Å². The first-order valence-electron chi connectivity index (χ1n) is 6.31. The van der Waals surface area contributed by atoms with Crippen molar-refractivity contribution in [3.05, 3.63) is 29.3 Å². The maximum atomic E-state index is 12.3. The van der Waals surface area contributed by atoms with Gasteiger partial charge in [0.05, 0.1) is 23.6 Å². The van der Waals surface area contributed by atoms with Crippen molar-refractivity contribution in [2.75, 3.05) is 30.3 Å². The minimum atomic E-state index is -3.43. The Morgan fingerprint density at radius 2 is 2.20 bits per heavy atom. The zero-order valence-electron chi connectivity index (χ0n) is 11.2. The fourth-order valence-corrected chi connectivity index (χ4v) is 3.77. The summed E-state index contributed by atoms with van der Waals surface area (Å²) in [6.07, 6.45) is 1.37. The number of carboxylic acid groups (broad SMARTS) is 1. The molecule has 1 aliphatic rings. The second-order valence-electron chi connectivity index (χ2n) is 4.63. The number of ether oxygens (including phenoxy) is 1. The number of anilines is 1. The molecule has 1 aromatic carbocycles. The van der Waals surface area contributed by atoms with Gasteiger partial charge in [-0.1, -0.05) is 0 Å². The Kier molecular flexibility index (Phi) is 4.29. The number of carbonyl (C=O) groups is 1. The molecular weight excluding hydrogens is 282 g/mol. The molecule has 1 N–H and O–H groups in total. The number of rotatable bonds is 5. The second-order valence-corrected chi connectivity index (χ2v) is 6.65. The van der Waals surface area contributed by atoms with Crippen molar-refractivity contribution in [2.45, 2.75) is 12.8 Å². The zero-order valence-corrected chi connectivity index (χ0v) is 12.0. The zero-order chi connectivity index (χ0) is 14.8. The molecule has 0 fully saturated rings. The van der Waals surface area contributed by atoms with Crippen LogP contribution in [0.1, 0.15) is 22.3 Å². The van der Waals surface area contributed by atoms with Gasteiger partial charge in [-0.15, -0.1) is 0 Å². The van der Waals surface area contributed by atoms with Gasteiger partial charge in [0.1, 0.15) is 0 Å². The highest BCUT2D eigenvalue weighted by Gasteiger charge is 2.27. The van der Waals surface area contributed by atoms with Crippen molar-refractivity contribution in [2.24, 2.45) is 0 Å². The van der Waals surface area contributed by atoms with E-state index in [1.807, 2.05) is 0 Å². The minimum absolute atomic E-state index is 0.0797. The van der Waals surface area contributed by atoms with Gasteiger partial charge < -0.3 is 9.84 Å². The van der Waals surface area contributed by atoms with E-state index in [0.717, 1.165) is 5.56 Å². The summed E-state index contributed by atoms with van der Waals surface area (Å²) in [5, 5.41) is 8.98. The van der Waals surface area contributed by atoms with Gasteiger partial charge in [-0.05, 0) is 36.6 Å². The molecular formula is C13H17NO5S. The Morgan fingerprint density at radius 3 is 2.85 bits per heavy atom. The molecule has 0 radical (unpaired) electrons. The van der Waals surface area contributed by atoms with Gasteiger partial charge in [0.2, 0.25) is 10.0 Å². The summed E-state index contributed by atoms with van der Waals surface area (Å²) in [6.45, 7) is 0.562. The molecule has 0 bridgehead atoms. The van der Waals surface area contributed by atoms with E-state index in [0.29, 0.717) is 25.1 Å². The molecule has 0 saturated heterocycles. The van der Waals surface area contributed by atoms with Crippen LogP contribution in [0.2, 0.25) is 0 Å². The summed E-state index contributed by atoms with van der Waals surface area (Å²) < 4.78 is 30.7. The van der Waals surface area contributed by atoms with Crippen LogP contribution >= 0.6 is 0 Å². The highest BCUT2D eigenvalue weighted by atomic mass is 32.2. The number of methoxy groups -OCH3 is 1. The summed E-state index contributed by atoms with van der Waals surface area (Å²) in [6, 6.07) is 4.56. The molecule has 0 unspecified atom stereocenters. The third kappa shape index (κ3) is 2.94. The number of sulfonamides is 1. The molecule has 6 nitrogen and oxygen atoms in total. The van der Waals surface area contributed by atoms with E-state index >= 15 is 0 Å². The Labute approximate surface area is 118 Å². The smallest absolute Gasteiger partial charge is 0.335 e. The fourth-order valence-electron chi connectivity index (χ4n) is 2.28. The molecule has 0 aliphatic carbocycles. The topological polar surface area (TPSA) is 83.9 Å². The molecule has 0 spiro atoms. The van der Waals surface area contributed by atoms with Crippen LogP contribution in [0, 0.1) is 0 Å². The van der Waals surface area contributed by atoms with Crippen LogP contribution in [0.3, 0.4) is 0 Å². The molecule has 0 atom stereocenters. The number of aryl methyl sites for hydroxylation is 1. The molecule has 1 heterocycles. The number of nitrogens with zero attached hydrogens (tertiary/aromatic N) is 1. The van der Waals surface area contributed by atoms with Gasteiger partial charge in [-0.3, -0.25) is 4.31 Å². The van der Waals surface area contributed by atoms with E-state index in [1.165, 1.54) is 17.5 Å². The fraction of sp³-hybridized carbons (Fsp3) is 0.462. The van der Waals surface area contributed by atoms with Gasteiger partial charge in [0, 0.05) is 13.7 Å². The van der Waals surface area contributed by atoms with Crippen LogP contribution in [-0.4, -0.2) is 45.5 Å². The SMILES string of the molecule is COCCS(=O)(=O)N1CCCc2cc(C(=O)O)ccc21. The molecule has 110 valence electrons. The van der Waals surface area contributed by atoms with Crippen LogP contribution in [0.5, 0.6) is 0 Å². The van der Waals surface area contributed by atoms with Crippen molar-refractivity contribution in [3.63, 3.8) is 0 Å². The lowest BCUT2D eigenvalue weighted by molar-refractivity contribution is 0.0696. The third-order valence-electron chi connectivity index (χ3n) is 3.28. The highest BCUT2D eigenvalue weighted by molar-refractivity contribution is 7.92. The molecule has 2 rings (SSSR count). The van der Waals surface area contributed by atoms with Crippen LogP contribution in [0.4, 0.5) is 5.69 Å². The molecule has 0 amide bonds. The average molecular weight is 299 g/mol. The van der Waals surface area contributed by atoms with Gasteiger partial charge in [-0.25, -0.2) is 13.2 Å². The monoisotopic (exact) mass is 299 g/mol. The lowest BCUT2D eigenvalue weighted by atomic mass is 10.0. The van der Waals surface area contributed by atoms with E-state index in [2.05, 4.69) is 0 Å². The average Bonchev–Trinajstić information content (AvgIpc) is 2.43. The van der Waals surface area contributed by atoms with Crippen LogP contribution in [-0.2, 0) is 21.2 Å². The van der Waals surface area contributed by atoms with Crippen molar-refractivity contribution < 1.29 is 23.1 Å². The normalized spacial score (nSPS) is 14.9. The molecule has 0 aromatic heterocycles. The van der Waals surface area contributed by atoms with E-state index < -0.39 is 16.0 Å². The molecule has 1 aliphatic heterocycles. The Morgan fingerprint density at radius 1 is 1.45 bits per heavy atom. The number of aromatic carboxylic acids is 1. The van der Waals surface area contributed by atoms with Crippen LogP contribution in [0.15, 0.2) is 18.2 Å². The summed E-state index contributed by atoms with van der Waals surface area (Å²) in [4.78, 5) is 11.0.